The summed E-state index contributed by atoms with van der Waals surface area (Å²) >= 11 is 13.3. The Morgan fingerprint density at radius 1 is 1.28 bits per heavy atom. The highest BCUT2D eigenvalue weighted by molar-refractivity contribution is 7.92. The third-order valence-electron chi connectivity index (χ3n) is 3.05. The Bertz CT molecular complexity index is 877. The maximum Gasteiger partial charge on any atom is 0.260 e. The zero-order valence-electron chi connectivity index (χ0n) is 13.4. The number of sulfonamides is 1. The van der Waals surface area contributed by atoms with Crippen LogP contribution in [0.2, 0.25) is 10.0 Å². The Morgan fingerprint density at radius 3 is 2.44 bits per heavy atom. The van der Waals surface area contributed by atoms with Crippen molar-refractivity contribution in [2.24, 2.45) is 5.10 Å². The van der Waals surface area contributed by atoms with Crippen LogP contribution in [-0.4, -0.2) is 32.8 Å². The fraction of sp³-hybridized carbons (Fsp3) is 0.200. The van der Waals surface area contributed by atoms with Crippen molar-refractivity contribution in [3.8, 4) is 0 Å². The Labute approximate surface area is 160 Å². The summed E-state index contributed by atoms with van der Waals surface area (Å²) < 4.78 is 25.0. The molecule has 0 saturated carbocycles. The first kappa shape index (κ1) is 19.7. The van der Waals surface area contributed by atoms with Gasteiger partial charge in [-0.25, -0.2) is 13.8 Å². The van der Waals surface area contributed by atoms with Crippen LogP contribution in [0.4, 0.5) is 5.69 Å². The largest absolute Gasteiger partial charge is 0.271 e. The van der Waals surface area contributed by atoms with Crippen LogP contribution in [0.15, 0.2) is 40.8 Å². The van der Waals surface area contributed by atoms with Gasteiger partial charge in [-0.2, -0.15) is 5.10 Å². The lowest BCUT2D eigenvalue weighted by atomic mass is 10.3. The van der Waals surface area contributed by atoms with E-state index in [9.17, 15) is 13.2 Å². The molecule has 1 amide bonds. The van der Waals surface area contributed by atoms with Crippen molar-refractivity contribution in [2.45, 2.75) is 6.92 Å². The van der Waals surface area contributed by atoms with Crippen LogP contribution in [0.5, 0.6) is 0 Å². The van der Waals surface area contributed by atoms with Crippen LogP contribution in [0.25, 0.3) is 0 Å². The number of carbonyl (C=O) groups is 1. The van der Waals surface area contributed by atoms with E-state index in [-0.39, 0.29) is 15.7 Å². The van der Waals surface area contributed by atoms with Gasteiger partial charge >= 0.3 is 0 Å². The summed E-state index contributed by atoms with van der Waals surface area (Å²) in [5, 5.41) is 6.41. The number of carbonyl (C=O) groups excluding carboxylic acids is 1. The van der Waals surface area contributed by atoms with E-state index >= 15 is 0 Å². The standard InChI is InChI=1S/C15H15Cl2N3O3S2/c1-10(14-4-3-5-24-14)18-19-15(21)9-20(25(2,22)23)13-7-11(16)6-12(17)8-13/h3-8H,9H2,1-2H3,(H,19,21)/b18-10-. The average molecular weight is 420 g/mol. The molecule has 134 valence electrons. The van der Waals surface area contributed by atoms with Gasteiger partial charge in [0, 0.05) is 14.9 Å². The van der Waals surface area contributed by atoms with Gasteiger partial charge in [0.2, 0.25) is 10.0 Å². The number of rotatable bonds is 6. The van der Waals surface area contributed by atoms with Crippen LogP contribution in [0.1, 0.15) is 11.8 Å². The second-order valence-electron chi connectivity index (χ2n) is 5.11. The molecule has 2 aromatic rings. The van der Waals surface area contributed by atoms with Crippen molar-refractivity contribution < 1.29 is 13.2 Å². The van der Waals surface area contributed by atoms with E-state index in [0.29, 0.717) is 5.71 Å². The van der Waals surface area contributed by atoms with Crippen LogP contribution in [0.3, 0.4) is 0 Å². The Kier molecular flexibility index (Phi) is 6.45. The van der Waals surface area contributed by atoms with Crippen molar-refractivity contribution in [3.05, 3.63) is 50.6 Å². The Hall–Kier alpha value is -1.61. The third-order valence-corrected chi connectivity index (χ3v) is 5.60. The molecule has 0 spiro atoms. The number of halogens is 2. The molecule has 0 atom stereocenters. The topological polar surface area (TPSA) is 78.8 Å². The highest BCUT2D eigenvalue weighted by Crippen LogP contribution is 2.26. The molecule has 10 heteroatoms. The fourth-order valence-corrected chi connectivity index (χ4v) is 3.97. The quantitative estimate of drug-likeness (QED) is 0.575. The number of thiophene rings is 1. The number of nitrogens with zero attached hydrogens (tertiary/aromatic N) is 2. The number of hydrogen-bond acceptors (Lipinski definition) is 5. The fourth-order valence-electron chi connectivity index (χ4n) is 1.93. The molecule has 1 aromatic heterocycles. The average Bonchev–Trinajstić information content (AvgIpc) is 3.02. The van der Waals surface area contributed by atoms with Crippen LogP contribution in [-0.2, 0) is 14.8 Å². The van der Waals surface area contributed by atoms with Gasteiger partial charge < -0.3 is 0 Å². The summed E-state index contributed by atoms with van der Waals surface area (Å²) in [6, 6.07) is 8.05. The smallest absolute Gasteiger partial charge is 0.260 e. The lowest BCUT2D eigenvalue weighted by molar-refractivity contribution is -0.119. The van der Waals surface area contributed by atoms with Gasteiger partial charge in [0.05, 0.1) is 17.7 Å². The first-order chi connectivity index (χ1) is 11.7. The molecule has 1 heterocycles. The molecule has 6 nitrogen and oxygen atoms in total. The van der Waals surface area contributed by atoms with E-state index in [0.717, 1.165) is 15.4 Å². The molecule has 0 unspecified atom stereocenters. The highest BCUT2D eigenvalue weighted by atomic mass is 35.5. The van der Waals surface area contributed by atoms with Crippen LogP contribution < -0.4 is 9.73 Å². The molecule has 0 fully saturated rings. The van der Waals surface area contributed by atoms with Gasteiger partial charge in [-0.15, -0.1) is 11.3 Å². The lowest BCUT2D eigenvalue weighted by Crippen LogP contribution is -2.39. The molecule has 2 rings (SSSR count). The van der Waals surface area contributed by atoms with Gasteiger partial charge in [0.1, 0.15) is 6.54 Å². The minimum Gasteiger partial charge on any atom is -0.271 e. The Morgan fingerprint density at radius 2 is 1.92 bits per heavy atom. The van der Waals surface area contributed by atoms with Gasteiger partial charge in [-0.1, -0.05) is 29.3 Å². The van der Waals surface area contributed by atoms with Crippen LogP contribution in [0, 0.1) is 0 Å². The normalized spacial score (nSPS) is 12.1. The van der Waals surface area contributed by atoms with E-state index in [4.69, 9.17) is 23.2 Å². The Balaban J connectivity index is 2.17. The first-order valence-corrected chi connectivity index (χ1v) is 10.5. The zero-order chi connectivity index (χ0) is 18.6. The highest BCUT2D eigenvalue weighted by Gasteiger charge is 2.21. The van der Waals surface area contributed by atoms with E-state index in [1.807, 2.05) is 17.5 Å². The maximum atomic E-state index is 12.1. The SMILES string of the molecule is C/C(=N/NC(=O)CN(c1cc(Cl)cc(Cl)c1)S(C)(=O)=O)c1cccs1. The van der Waals surface area contributed by atoms with E-state index in [1.54, 1.807) is 6.92 Å². The number of hydrogen-bond donors (Lipinski definition) is 1. The molecular weight excluding hydrogens is 405 g/mol. The minimum atomic E-state index is -3.72. The van der Waals surface area contributed by atoms with Crippen molar-refractivity contribution >= 4 is 61.9 Å². The summed E-state index contributed by atoms with van der Waals surface area (Å²) in [5.74, 6) is -0.586. The monoisotopic (exact) mass is 419 g/mol. The summed E-state index contributed by atoms with van der Waals surface area (Å²) in [6.45, 7) is 1.30. The molecule has 0 aliphatic carbocycles. The molecule has 1 aromatic carbocycles. The minimum absolute atomic E-state index is 0.203. The summed E-state index contributed by atoms with van der Waals surface area (Å²) in [4.78, 5) is 13.0. The molecule has 0 bridgehead atoms. The van der Waals surface area contributed by atoms with Gasteiger partial charge in [0.25, 0.3) is 5.91 Å². The summed E-state index contributed by atoms with van der Waals surface area (Å²) in [6.07, 6.45) is 0.995. The number of anilines is 1. The van der Waals surface area contributed by atoms with Crippen LogP contribution >= 0.6 is 34.5 Å². The predicted molar refractivity (Wildman–Crippen MR) is 103 cm³/mol. The predicted octanol–water partition coefficient (Wildman–Crippen LogP) is 3.36. The number of nitrogens with one attached hydrogen (secondary N) is 1. The third kappa shape index (κ3) is 5.71. The molecule has 0 aliphatic rings. The van der Waals surface area contributed by atoms with Crippen molar-refractivity contribution in [2.75, 3.05) is 17.1 Å². The molecule has 0 radical (unpaired) electrons. The van der Waals surface area contributed by atoms with Crippen molar-refractivity contribution in [1.82, 2.24) is 5.43 Å². The van der Waals surface area contributed by atoms with E-state index in [2.05, 4.69) is 10.5 Å². The molecule has 0 aliphatic heterocycles. The second kappa shape index (κ2) is 8.18. The van der Waals surface area contributed by atoms with Gasteiger partial charge in [0.15, 0.2) is 0 Å². The molecular formula is C15H15Cl2N3O3S2. The van der Waals surface area contributed by atoms with E-state index < -0.39 is 22.5 Å². The number of amides is 1. The van der Waals surface area contributed by atoms with Crippen molar-refractivity contribution in [3.63, 3.8) is 0 Å². The molecule has 1 N–H and O–H groups in total. The maximum absolute atomic E-state index is 12.1. The number of benzene rings is 1. The summed E-state index contributed by atoms with van der Waals surface area (Å²) in [5.41, 5.74) is 3.18. The molecule has 0 saturated heterocycles. The van der Waals surface area contributed by atoms with E-state index in [1.165, 1.54) is 29.5 Å². The number of hydrazone groups is 1. The summed E-state index contributed by atoms with van der Waals surface area (Å²) in [7, 11) is -3.72. The van der Waals surface area contributed by atoms with Gasteiger partial charge in [-0.3, -0.25) is 9.10 Å². The van der Waals surface area contributed by atoms with Crippen molar-refractivity contribution in [1.29, 1.82) is 0 Å². The van der Waals surface area contributed by atoms with Gasteiger partial charge in [-0.05, 0) is 36.6 Å². The second-order valence-corrected chi connectivity index (χ2v) is 8.83. The zero-order valence-corrected chi connectivity index (χ0v) is 16.5. The lowest BCUT2D eigenvalue weighted by Gasteiger charge is -2.21. The first-order valence-electron chi connectivity index (χ1n) is 6.97. The molecule has 25 heavy (non-hydrogen) atoms.